The lowest BCUT2D eigenvalue weighted by atomic mass is 9.78. The van der Waals surface area contributed by atoms with E-state index in [1.165, 1.54) is 11.1 Å². The first kappa shape index (κ1) is 22.5. The van der Waals surface area contributed by atoms with Crippen LogP contribution in [0, 0.1) is 11.7 Å². The van der Waals surface area contributed by atoms with Crippen molar-refractivity contribution in [2.24, 2.45) is 5.92 Å². The van der Waals surface area contributed by atoms with Crippen LogP contribution in [0.15, 0.2) is 79.4 Å². The second-order valence-corrected chi connectivity index (χ2v) is 8.91. The van der Waals surface area contributed by atoms with Gasteiger partial charge >= 0.3 is 0 Å². The number of rotatable bonds is 8. The molecule has 1 aliphatic carbocycles. The third-order valence-electron chi connectivity index (χ3n) is 6.67. The Kier molecular flexibility index (Phi) is 7.55. The smallest absolute Gasteiger partial charge is 0.127 e. The number of ether oxygens (including phenoxy) is 1. The van der Waals surface area contributed by atoms with E-state index in [1.54, 1.807) is 6.07 Å². The number of halogens is 1. The summed E-state index contributed by atoms with van der Waals surface area (Å²) < 4.78 is 20.6. The standard InChI is InChI=1S/C30H33FO/c1-3-19-32-21-23-7-9-24(10-8-23)25-13-15-26(16-14-25)28-17-18-29(30(31)20-28)27-11-5-22(4-2)6-12-27/h4,7-10,13-18,20,22,27H,2-3,5-6,11-12,19,21H2,1H3/t22-,27-. The summed E-state index contributed by atoms with van der Waals surface area (Å²) in [4.78, 5) is 0. The molecule has 0 N–H and O–H groups in total. The highest BCUT2D eigenvalue weighted by atomic mass is 19.1. The summed E-state index contributed by atoms with van der Waals surface area (Å²) >= 11 is 0. The van der Waals surface area contributed by atoms with Crippen LogP contribution >= 0.6 is 0 Å². The first-order chi connectivity index (χ1) is 15.7. The second-order valence-electron chi connectivity index (χ2n) is 8.91. The molecular formula is C30H33FO. The molecule has 0 aromatic heterocycles. The van der Waals surface area contributed by atoms with Gasteiger partial charge in [0.05, 0.1) is 6.61 Å². The van der Waals surface area contributed by atoms with Gasteiger partial charge in [0.15, 0.2) is 0 Å². The maximum Gasteiger partial charge on any atom is 0.127 e. The van der Waals surface area contributed by atoms with Gasteiger partial charge < -0.3 is 4.74 Å². The number of allylic oxidation sites excluding steroid dienone is 1. The number of hydrogen-bond donors (Lipinski definition) is 0. The molecule has 32 heavy (non-hydrogen) atoms. The van der Waals surface area contributed by atoms with Gasteiger partial charge in [0.2, 0.25) is 0 Å². The number of hydrogen-bond acceptors (Lipinski definition) is 1. The molecule has 0 radical (unpaired) electrons. The third-order valence-corrected chi connectivity index (χ3v) is 6.67. The van der Waals surface area contributed by atoms with Crippen molar-refractivity contribution in [3.63, 3.8) is 0 Å². The Balaban J connectivity index is 1.43. The van der Waals surface area contributed by atoms with Gasteiger partial charge in [0.1, 0.15) is 5.82 Å². The van der Waals surface area contributed by atoms with Crippen LogP contribution in [0.3, 0.4) is 0 Å². The van der Waals surface area contributed by atoms with Crippen LogP contribution in [0.2, 0.25) is 0 Å². The molecule has 2 heteroatoms. The summed E-state index contributed by atoms with van der Waals surface area (Å²) in [5, 5.41) is 0. The van der Waals surface area contributed by atoms with E-state index in [2.05, 4.69) is 74.2 Å². The van der Waals surface area contributed by atoms with Crippen molar-refractivity contribution >= 4 is 0 Å². The summed E-state index contributed by atoms with van der Waals surface area (Å²) in [6, 6.07) is 22.7. The fourth-order valence-electron chi connectivity index (χ4n) is 4.69. The van der Waals surface area contributed by atoms with E-state index in [1.807, 2.05) is 6.07 Å². The van der Waals surface area contributed by atoms with Crippen molar-refractivity contribution < 1.29 is 9.13 Å². The molecule has 0 amide bonds. The van der Waals surface area contributed by atoms with Gasteiger partial charge in [-0.3, -0.25) is 0 Å². The molecule has 0 bridgehead atoms. The maximum absolute atomic E-state index is 15.0. The average molecular weight is 429 g/mol. The summed E-state index contributed by atoms with van der Waals surface area (Å²) in [5.41, 5.74) is 6.36. The molecule has 0 spiro atoms. The van der Waals surface area contributed by atoms with Gasteiger partial charge in [-0.2, -0.15) is 0 Å². The molecule has 0 unspecified atom stereocenters. The van der Waals surface area contributed by atoms with Gasteiger partial charge in [-0.05, 0) is 83.4 Å². The fraction of sp³-hybridized carbons (Fsp3) is 0.333. The molecule has 1 nitrogen and oxygen atoms in total. The molecule has 3 aromatic carbocycles. The van der Waals surface area contributed by atoms with Gasteiger partial charge in [-0.1, -0.05) is 73.7 Å². The zero-order valence-electron chi connectivity index (χ0n) is 19.0. The number of benzene rings is 3. The predicted octanol–water partition coefficient (Wildman–Crippen LogP) is 8.55. The summed E-state index contributed by atoms with van der Waals surface area (Å²) in [6.45, 7) is 7.47. The van der Waals surface area contributed by atoms with E-state index in [4.69, 9.17) is 4.74 Å². The first-order valence-corrected chi connectivity index (χ1v) is 11.9. The van der Waals surface area contributed by atoms with Crippen molar-refractivity contribution in [1.29, 1.82) is 0 Å². The van der Waals surface area contributed by atoms with Crippen molar-refractivity contribution in [3.8, 4) is 22.3 Å². The molecule has 1 fully saturated rings. The van der Waals surface area contributed by atoms with E-state index >= 15 is 0 Å². The average Bonchev–Trinajstić information content (AvgIpc) is 2.85. The van der Waals surface area contributed by atoms with E-state index in [0.29, 0.717) is 18.4 Å². The SMILES string of the molecule is C=C[C@H]1CC[C@H](c2ccc(-c3ccc(-c4ccc(COCCC)cc4)cc3)cc2F)CC1. The molecule has 166 valence electrons. The van der Waals surface area contributed by atoms with Gasteiger partial charge in [-0.25, -0.2) is 4.39 Å². The van der Waals surface area contributed by atoms with E-state index < -0.39 is 0 Å². The van der Waals surface area contributed by atoms with Crippen LogP contribution < -0.4 is 0 Å². The first-order valence-electron chi connectivity index (χ1n) is 11.9. The third kappa shape index (κ3) is 5.37. The predicted molar refractivity (Wildman–Crippen MR) is 132 cm³/mol. The zero-order valence-corrected chi connectivity index (χ0v) is 19.0. The normalized spacial score (nSPS) is 18.4. The minimum atomic E-state index is -0.0745. The monoisotopic (exact) mass is 428 g/mol. The van der Waals surface area contributed by atoms with E-state index in [-0.39, 0.29) is 5.82 Å². The second kappa shape index (κ2) is 10.7. The lowest BCUT2D eigenvalue weighted by molar-refractivity contribution is 0.121. The van der Waals surface area contributed by atoms with Gasteiger partial charge in [0, 0.05) is 6.61 Å². The lowest BCUT2D eigenvalue weighted by Gasteiger charge is -2.27. The lowest BCUT2D eigenvalue weighted by Crippen LogP contribution is -2.12. The topological polar surface area (TPSA) is 9.23 Å². The Morgan fingerprint density at radius 3 is 1.97 bits per heavy atom. The van der Waals surface area contributed by atoms with Crippen LogP contribution in [0.5, 0.6) is 0 Å². The summed E-state index contributed by atoms with van der Waals surface area (Å²) in [6.07, 6.45) is 7.41. The van der Waals surface area contributed by atoms with Gasteiger partial charge in [-0.15, -0.1) is 6.58 Å². The summed E-state index contributed by atoms with van der Waals surface area (Å²) in [5.74, 6) is 0.852. The van der Waals surface area contributed by atoms with E-state index in [9.17, 15) is 4.39 Å². The minimum Gasteiger partial charge on any atom is -0.377 e. The highest BCUT2D eigenvalue weighted by molar-refractivity contribution is 5.70. The van der Waals surface area contributed by atoms with Crippen LogP contribution in [-0.4, -0.2) is 6.61 Å². The van der Waals surface area contributed by atoms with Crippen molar-refractivity contribution in [3.05, 3.63) is 96.3 Å². The largest absolute Gasteiger partial charge is 0.377 e. The van der Waals surface area contributed by atoms with Crippen LogP contribution in [-0.2, 0) is 11.3 Å². The minimum absolute atomic E-state index is 0.0745. The zero-order chi connectivity index (χ0) is 22.3. The molecule has 0 saturated heterocycles. The molecule has 0 atom stereocenters. The van der Waals surface area contributed by atoms with Crippen LogP contribution in [0.1, 0.15) is 56.1 Å². The molecule has 1 saturated carbocycles. The van der Waals surface area contributed by atoms with Crippen molar-refractivity contribution in [2.75, 3.05) is 6.61 Å². The van der Waals surface area contributed by atoms with Crippen molar-refractivity contribution in [1.82, 2.24) is 0 Å². The van der Waals surface area contributed by atoms with E-state index in [0.717, 1.165) is 61.0 Å². The van der Waals surface area contributed by atoms with Crippen molar-refractivity contribution in [2.45, 2.75) is 51.6 Å². The molecule has 4 rings (SSSR count). The molecular weight excluding hydrogens is 395 g/mol. The Morgan fingerprint density at radius 2 is 1.41 bits per heavy atom. The Hall–Kier alpha value is -2.71. The maximum atomic E-state index is 15.0. The Morgan fingerprint density at radius 1 is 0.844 bits per heavy atom. The Bertz CT molecular complexity index is 1010. The highest BCUT2D eigenvalue weighted by Crippen LogP contribution is 2.38. The van der Waals surface area contributed by atoms with Crippen LogP contribution in [0.4, 0.5) is 4.39 Å². The fourth-order valence-corrected chi connectivity index (χ4v) is 4.69. The molecule has 3 aromatic rings. The quantitative estimate of drug-likeness (QED) is 0.258. The van der Waals surface area contributed by atoms with Crippen LogP contribution in [0.25, 0.3) is 22.3 Å². The highest BCUT2D eigenvalue weighted by Gasteiger charge is 2.23. The molecule has 0 heterocycles. The molecule has 1 aliphatic rings. The van der Waals surface area contributed by atoms with Gasteiger partial charge in [0.25, 0.3) is 0 Å². The molecule has 0 aliphatic heterocycles. The Labute approximate surface area is 192 Å². The summed E-state index contributed by atoms with van der Waals surface area (Å²) in [7, 11) is 0.